The van der Waals surface area contributed by atoms with Crippen molar-refractivity contribution in [3.8, 4) is 5.75 Å². The summed E-state index contributed by atoms with van der Waals surface area (Å²) in [4.78, 5) is 34.4. The van der Waals surface area contributed by atoms with Crippen LogP contribution in [-0.2, 0) is 14.3 Å². The highest BCUT2D eigenvalue weighted by atomic mass is 16.6. The van der Waals surface area contributed by atoms with Crippen molar-refractivity contribution in [1.29, 1.82) is 0 Å². The lowest BCUT2D eigenvalue weighted by Gasteiger charge is -2.19. The minimum Gasteiger partial charge on any atom is -0.495 e. The number of anilines is 1. The minimum absolute atomic E-state index is 0.00614. The van der Waals surface area contributed by atoms with E-state index in [9.17, 15) is 14.4 Å². The van der Waals surface area contributed by atoms with E-state index in [1.807, 2.05) is 0 Å². The predicted octanol–water partition coefficient (Wildman–Crippen LogP) is 2.06. The zero-order valence-electron chi connectivity index (χ0n) is 12.9. The number of hydrogen-bond donors (Lipinski definition) is 2. The van der Waals surface area contributed by atoms with Crippen LogP contribution in [0.15, 0.2) is 18.2 Å². The van der Waals surface area contributed by atoms with E-state index in [1.54, 1.807) is 20.8 Å². The summed E-state index contributed by atoms with van der Waals surface area (Å²) < 4.78 is 10.1. The van der Waals surface area contributed by atoms with Crippen molar-refractivity contribution in [3.63, 3.8) is 0 Å². The number of carboxylic acid groups (broad SMARTS) is 1. The van der Waals surface area contributed by atoms with Crippen LogP contribution in [-0.4, -0.2) is 35.7 Å². The molecule has 0 aliphatic carbocycles. The summed E-state index contributed by atoms with van der Waals surface area (Å²) in [6, 6.07) is 4.03. The van der Waals surface area contributed by atoms with Crippen molar-refractivity contribution in [3.05, 3.63) is 23.8 Å². The third-order valence-electron chi connectivity index (χ3n) is 2.45. The smallest absolute Gasteiger partial charge is 0.335 e. The average Bonchev–Trinajstić information content (AvgIpc) is 2.35. The monoisotopic (exact) mass is 309 g/mol. The Kier molecular flexibility index (Phi) is 5.50. The van der Waals surface area contributed by atoms with Gasteiger partial charge in [0.1, 0.15) is 17.8 Å². The van der Waals surface area contributed by atoms with Gasteiger partial charge in [-0.2, -0.15) is 0 Å². The first-order valence-corrected chi connectivity index (χ1v) is 6.55. The van der Waals surface area contributed by atoms with Gasteiger partial charge >= 0.3 is 11.9 Å². The maximum Gasteiger partial charge on any atom is 0.335 e. The molecule has 1 aromatic rings. The lowest BCUT2D eigenvalue weighted by Crippen LogP contribution is -2.27. The SMILES string of the molecule is COc1ccc(C(=O)O)cc1NC(=O)CC(=O)OC(C)(C)C. The summed E-state index contributed by atoms with van der Waals surface area (Å²) in [5, 5.41) is 11.4. The molecule has 1 rings (SSSR count). The molecular formula is C15H19NO6. The second-order valence-corrected chi connectivity index (χ2v) is 5.53. The van der Waals surface area contributed by atoms with Gasteiger partial charge in [-0.15, -0.1) is 0 Å². The number of carbonyl (C=O) groups is 3. The van der Waals surface area contributed by atoms with Crippen LogP contribution in [0.4, 0.5) is 5.69 Å². The molecule has 22 heavy (non-hydrogen) atoms. The van der Waals surface area contributed by atoms with E-state index >= 15 is 0 Å². The molecule has 1 amide bonds. The Balaban J connectivity index is 2.81. The fourth-order valence-electron chi connectivity index (χ4n) is 1.64. The summed E-state index contributed by atoms with van der Waals surface area (Å²) >= 11 is 0. The van der Waals surface area contributed by atoms with Gasteiger partial charge in [-0.1, -0.05) is 0 Å². The minimum atomic E-state index is -1.13. The number of amides is 1. The Morgan fingerprint density at radius 2 is 1.86 bits per heavy atom. The largest absolute Gasteiger partial charge is 0.495 e. The van der Waals surface area contributed by atoms with Crippen LogP contribution in [0.5, 0.6) is 5.75 Å². The molecule has 0 saturated heterocycles. The molecule has 0 fully saturated rings. The second-order valence-electron chi connectivity index (χ2n) is 5.53. The molecule has 1 aromatic carbocycles. The fourth-order valence-corrected chi connectivity index (χ4v) is 1.64. The molecule has 0 unspecified atom stereocenters. The Morgan fingerprint density at radius 3 is 2.36 bits per heavy atom. The van der Waals surface area contributed by atoms with Crippen LogP contribution >= 0.6 is 0 Å². The summed E-state index contributed by atoms with van der Waals surface area (Å²) in [5.41, 5.74) is -0.512. The van der Waals surface area contributed by atoms with Gasteiger partial charge in [-0.05, 0) is 39.0 Å². The van der Waals surface area contributed by atoms with Gasteiger partial charge in [0.25, 0.3) is 0 Å². The zero-order valence-corrected chi connectivity index (χ0v) is 12.9. The zero-order chi connectivity index (χ0) is 16.9. The highest BCUT2D eigenvalue weighted by Gasteiger charge is 2.20. The van der Waals surface area contributed by atoms with E-state index in [0.717, 1.165) is 0 Å². The molecular weight excluding hydrogens is 290 g/mol. The maximum absolute atomic E-state index is 11.8. The first-order valence-electron chi connectivity index (χ1n) is 6.55. The van der Waals surface area contributed by atoms with Crippen LogP contribution in [0.2, 0.25) is 0 Å². The number of esters is 1. The number of carboxylic acids is 1. The van der Waals surface area contributed by atoms with E-state index in [1.165, 1.54) is 25.3 Å². The van der Waals surface area contributed by atoms with Gasteiger partial charge in [-0.25, -0.2) is 4.79 Å². The van der Waals surface area contributed by atoms with E-state index in [4.69, 9.17) is 14.6 Å². The second kappa shape index (κ2) is 6.93. The van der Waals surface area contributed by atoms with E-state index in [0.29, 0.717) is 5.75 Å². The molecule has 0 heterocycles. The third kappa shape index (κ3) is 5.43. The molecule has 7 heteroatoms. The van der Waals surface area contributed by atoms with E-state index in [2.05, 4.69) is 5.32 Å². The van der Waals surface area contributed by atoms with Crippen LogP contribution in [0.25, 0.3) is 0 Å². The summed E-state index contributed by atoms with van der Waals surface area (Å²) in [6.45, 7) is 5.09. The molecule has 0 bridgehead atoms. The number of hydrogen-bond acceptors (Lipinski definition) is 5. The van der Waals surface area contributed by atoms with Gasteiger partial charge in [-0.3, -0.25) is 9.59 Å². The molecule has 0 aromatic heterocycles. The van der Waals surface area contributed by atoms with Crippen molar-refractivity contribution in [2.24, 2.45) is 0 Å². The third-order valence-corrected chi connectivity index (χ3v) is 2.45. The van der Waals surface area contributed by atoms with Crippen molar-refractivity contribution in [2.45, 2.75) is 32.8 Å². The fraction of sp³-hybridized carbons (Fsp3) is 0.400. The van der Waals surface area contributed by atoms with Crippen molar-refractivity contribution in [2.75, 3.05) is 12.4 Å². The Labute approximate surface area is 128 Å². The molecule has 7 nitrogen and oxygen atoms in total. The number of ether oxygens (including phenoxy) is 2. The number of carbonyl (C=O) groups excluding carboxylic acids is 2. The molecule has 0 aliphatic heterocycles. The highest BCUT2D eigenvalue weighted by Crippen LogP contribution is 2.25. The van der Waals surface area contributed by atoms with Gasteiger partial charge in [0, 0.05) is 0 Å². The normalized spacial score (nSPS) is 10.7. The van der Waals surface area contributed by atoms with Gasteiger partial charge < -0.3 is 19.9 Å². The van der Waals surface area contributed by atoms with Crippen molar-refractivity contribution < 1.29 is 29.0 Å². The molecule has 0 saturated carbocycles. The lowest BCUT2D eigenvalue weighted by atomic mass is 10.2. The number of rotatable bonds is 5. The predicted molar refractivity (Wildman–Crippen MR) is 79.0 cm³/mol. The maximum atomic E-state index is 11.8. The summed E-state index contributed by atoms with van der Waals surface area (Å²) in [7, 11) is 1.39. The molecule has 2 N–H and O–H groups in total. The summed E-state index contributed by atoms with van der Waals surface area (Å²) in [5.74, 6) is -2.12. The van der Waals surface area contributed by atoms with Crippen LogP contribution in [0.3, 0.4) is 0 Å². The van der Waals surface area contributed by atoms with Crippen LogP contribution < -0.4 is 10.1 Å². The molecule has 0 spiro atoms. The summed E-state index contributed by atoms with van der Waals surface area (Å²) in [6.07, 6.45) is -0.474. The Hall–Kier alpha value is -2.57. The van der Waals surface area contributed by atoms with Gasteiger partial charge in [0.2, 0.25) is 5.91 Å². The average molecular weight is 309 g/mol. The number of aromatic carboxylic acids is 1. The Bertz CT molecular complexity index is 588. The molecule has 0 radical (unpaired) electrons. The van der Waals surface area contributed by atoms with Crippen LogP contribution in [0, 0.1) is 0 Å². The topological polar surface area (TPSA) is 102 Å². The number of nitrogens with one attached hydrogen (secondary N) is 1. The van der Waals surface area contributed by atoms with Crippen molar-refractivity contribution >= 4 is 23.5 Å². The molecule has 0 aliphatic rings. The number of benzene rings is 1. The van der Waals surface area contributed by atoms with Gasteiger partial charge in [0.15, 0.2) is 0 Å². The highest BCUT2D eigenvalue weighted by molar-refractivity contribution is 6.03. The van der Waals surface area contributed by atoms with Gasteiger partial charge in [0.05, 0.1) is 18.4 Å². The van der Waals surface area contributed by atoms with Crippen LogP contribution in [0.1, 0.15) is 37.6 Å². The molecule has 120 valence electrons. The van der Waals surface area contributed by atoms with Crippen molar-refractivity contribution in [1.82, 2.24) is 0 Å². The quantitative estimate of drug-likeness (QED) is 0.637. The van der Waals surface area contributed by atoms with E-state index < -0.39 is 29.9 Å². The standard InChI is InChI=1S/C15H19NO6/c1-15(2,3)22-13(18)8-12(17)16-10-7-9(14(19)20)5-6-11(10)21-4/h5-7H,8H2,1-4H3,(H,16,17)(H,19,20). The molecule has 0 atom stereocenters. The van der Waals surface area contributed by atoms with E-state index in [-0.39, 0.29) is 11.3 Å². The number of methoxy groups -OCH3 is 1. The lowest BCUT2D eigenvalue weighted by molar-refractivity contribution is -0.155. The first kappa shape index (κ1) is 17.5. The first-order chi connectivity index (χ1) is 10.1. The Morgan fingerprint density at radius 1 is 1.23 bits per heavy atom.